The number of aldehydes is 1. The number of nitro groups is 1. The molecular formula is C14H10BrNO4. The largest absolute Gasteiger partial charge is 0.456 e. The van der Waals surface area contributed by atoms with Crippen molar-refractivity contribution in [1.29, 1.82) is 0 Å². The van der Waals surface area contributed by atoms with Crippen LogP contribution in [0.15, 0.2) is 40.9 Å². The van der Waals surface area contributed by atoms with Gasteiger partial charge in [-0.05, 0) is 31.2 Å². The van der Waals surface area contributed by atoms with Crippen molar-refractivity contribution in [3.8, 4) is 11.5 Å². The predicted molar refractivity (Wildman–Crippen MR) is 77.4 cm³/mol. The van der Waals surface area contributed by atoms with E-state index in [0.29, 0.717) is 28.9 Å². The standard InChI is InChI=1S/C14H10BrNO4/c1-9-12(16(18)19)3-2-4-13(9)20-14-7-11(15)6-5-10(14)8-17/h2-8H,1H3. The number of nitrogens with zero attached hydrogens (tertiary/aromatic N) is 1. The molecule has 0 unspecified atom stereocenters. The van der Waals surface area contributed by atoms with Crippen LogP contribution in [-0.2, 0) is 0 Å². The first-order valence-corrected chi connectivity index (χ1v) is 6.49. The van der Waals surface area contributed by atoms with E-state index in [1.54, 1.807) is 37.3 Å². The minimum absolute atomic E-state index is 0.0230. The Kier molecular flexibility index (Phi) is 4.14. The number of halogens is 1. The molecule has 0 heterocycles. The molecule has 0 spiro atoms. The lowest BCUT2D eigenvalue weighted by Crippen LogP contribution is -1.96. The van der Waals surface area contributed by atoms with Gasteiger partial charge in [0.15, 0.2) is 6.29 Å². The molecule has 20 heavy (non-hydrogen) atoms. The van der Waals surface area contributed by atoms with Gasteiger partial charge in [-0.2, -0.15) is 0 Å². The first-order valence-electron chi connectivity index (χ1n) is 5.69. The van der Waals surface area contributed by atoms with Crippen LogP contribution in [0.4, 0.5) is 5.69 Å². The fraction of sp³-hybridized carbons (Fsp3) is 0.0714. The van der Waals surface area contributed by atoms with E-state index in [9.17, 15) is 14.9 Å². The Bertz CT molecular complexity index is 685. The fourth-order valence-electron chi connectivity index (χ4n) is 1.72. The van der Waals surface area contributed by atoms with E-state index in [1.165, 1.54) is 6.07 Å². The second-order valence-corrected chi connectivity index (χ2v) is 4.98. The highest BCUT2D eigenvalue weighted by Crippen LogP contribution is 2.33. The summed E-state index contributed by atoms with van der Waals surface area (Å²) in [6.45, 7) is 1.60. The second-order valence-electron chi connectivity index (χ2n) is 4.06. The molecule has 0 fully saturated rings. The molecule has 0 saturated heterocycles. The third kappa shape index (κ3) is 2.85. The zero-order valence-corrected chi connectivity index (χ0v) is 12.1. The van der Waals surface area contributed by atoms with E-state index in [1.807, 2.05) is 0 Å². The highest BCUT2D eigenvalue weighted by atomic mass is 79.9. The van der Waals surface area contributed by atoms with Crippen LogP contribution in [-0.4, -0.2) is 11.2 Å². The van der Waals surface area contributed by atoms with Crippen molar-refractivity contribution in [3.63, 3.8) is 0 Å². The lowest BCUT2D eigenvalue weighted by atomic mass is 10.1. The molecule has 0 aliphatic rings. The lowest BCUT2D eigenvalue weighted by Gasteiger charge is -2.10. The molecule has 102 valence electrons. The van der Waals surface area contributed by atoms with Crippen LogP contribution in [0.5, 0.6) is 11.5 Å². The van der Waals surface area contributed by atoms with Gasteiger partial charge in [-0.3, -0.25) is 14.9 Å². The molecule has 2 aromatic rings. The molecule has 0 aliphatic carbocycles. The molecule has 0 aromatic heterocycles. The molecule has 0 saturated carbocycles. The normalized spacial score (nSPS) is 10.1. The summed E-state index contributed by atoms with van der Waals surface area (Å²) in [4.78, 5) is 21.4. The van der Waals surface area contributed by atoms with Gasteiger partial charge in [-0.15, -0.1) is 0 Å². The van der Waals surface area contributed by atoms with Crippen molar-refractivity contribution < 1.29 is 14.5 Å². The Morgan fingerprint density at radius 1 is 1.25 bits per heavy atom. The number of rotatable bonds is 4. The SMILES string of the molecule is Cc1c(Oc2cc(Br)ccc2C=O)cccc1[N+](=O)[O-]. The van der Waals surface area contributed by atoms with Crippen molar-refractivity contribution in [2.24, 2.45) is 0 Å². The minimum Gasteiger partial charge on any atom is -0.456 e. The Balaban J connectivity index is 2.45. The van der Waals surface area contributed by atoms with E-state index >= 15 is 0 Å². The third-order valence-corrected chi connectivity index (χ3v) is 3.27. The lowest BCUT2D eigenvalue weighted by molar-refractivity contribution is -0.385. The predicted octanol–water partition coefficient (Wildman–Crippen LogP) is 4.27. The molecule has 0 atom stereocenters. The van der Waals surface area contributed by atoms with Gasteiger partial charge in [0, 0.05) is 10.5 Å². The monoisotopic (exact) mass is 335 g/mol. The summed E-state index contributed by atoms with van der Waals surface area (Å²) >= 11 is 3.29. The Morgan fingerprint density at radius 2 is 2.00 bits per heavy atom. The van der Waals surface area contributed by atoms with Gasteiger partial charge in [0.25, 0.3) is 5.69 Å². The van der Waals surface area contributed by atoms with Crippen molar-refractivity contribution in [2.75, 3.05) is 0 Å². The summed E-state index contributed by atoms with van der Waals surface area (Å²) in [6, 6.07) is 9.54. The van der Waals surface area contributed by atoms with Gasteiger partial charge in [0.1, 0.15) is 11.5 Å². The summed E-state index contributed by atoms with van der Waals surface area (Å²) in [5, 5.41) is 10.9. The summed E-state index contributed by atoms with van der Waals surface area (Å²) in [6.07, 6.45) is 0.675. The molecule has 6 heteroatoms. The number of benzene rings is 2. The maximum atomic E-state index is 11.0. The highest BCUT2D eigenvalue weighted by molar-refractivity contribution is 9.10. The molecule has 0 bridgehead atoms. The molecule has 2 rings (SSSR count). The van der Waals surface area contributed by atoms with Crippen molar-refractivity contribution >= 4 is 27.9 Å². The average molecular weight is 336 g/mol. The van der Waals surface area contributed by atoms with Crippen molar-refractivity contribution in [1.82, 2.24) is 0 Å². The number of ether oxygens (including phenoxy) is 1. The van der Waals surface area contributed by atoms with Crippen LogP contribution in [0.25, 0.3) is 0 Å². The van der Waals surface area contributed by atoms with Gasteiger partial charge in [-0.25, -0.2) is 0 Å². The van der Waals surface area contributed by atoms with Gasteiger partial charge in [0.05, 0.1) is 16.1 Å². The number of hydrogen-bond donors (Lipinski definition) is 0. The van der Waals surface area contributed by atoms with Crippen LogP contribution < -0.4 is 4.74 Å². The maximum absolute atomic E-state index is 11.0. The smallest absolute Gasteiger partial charge is 0.276 e. The van der Waals surface area contributed by atoms with Crippen molar-refractivity contribution in [3.05, 3.63) is 62.1 Å². The summed E-state index contributed by atoms with van der Waals surface area (Å²) in [7, 11) is 0. The molecule has 0 radical (unpaired) electrons. The Labute approximate surface area is 123 Å². The average Bonchev–Trinajstić information content (AvgIpc) is 2.41. The summed E-state index contributed by atoms with van der Waals surface area (Å²) in [5.41, 5.74) is 0.763. The maximum Gasteiger partial charge on any atom is 0.276 e. The second kappa shape index (κ2) is 5.83. The number of carbonyl (C=O) groups is 1. The fourth-order valence-corrected chi connectivity index (χ4v) is 2.06. The van der Waals surface area contributed by atoms with Crippen LogP contribution in [0.1, 0.15) is 15.9 Å². The first-order chi connectivity index (χ1) is 9.52. The van der Waals surface area contributed by atoms with Crippen molar-refractivity contribution in [2.45, 2.75) is 6.92 Å². The molecule has 0 amide bonds. The first kappa shape index (κ1) is 14.2. The zero-order valence-electron chi connectivity index (χ0n) is 10.5. The van der Waals surface area contributed by atoms with Gasteiger partial charge < -0.3 is 4.74 Å². The zero-order chi connectivity index (χ0) is 14.7. The number of nitro benzene ring substituents is 1. The number of carbonyl (C=O) groups excluding carboxylic acids is 1. The molecule has 2 aromatic carbocycles. The van der Waals surface area contributed by atoms with Gasteiger partial charge in [-0.1, -0.05) is 22.0 Å². The van der Waals surface area contributed by atoms with Gasteiger partial charge >= 0.3 is 0 Å². The topological polar surface area (TPSA) is 69.4 Å². The minimum atomic E-state index is -0.469. The highest BCUT2D eigenvalue weighted by Gasteiger charge is 2.15. The van der Waals surface area contributed by atoms with E-state index in [0.717, 1.165) is 4.47 Å². The van der Waals surface area contributed by atoms with E-state index < -0.39 is 4.92 Å². The van der Waals surface area contributed by atoms with Crippen LogP contribution >= 0.6 is 15.9 Å². The van der Waals surface area contributed by atoms with E-state index in [4.69, 9.17) is 4.74 Å². The molecule has 5 nitrogen and oxygen atoms in total. The third-order valence-electron chi connectivity index (χ3n) is 2.77. The van der Waals surface area contributed by atoms with E-state index in [2.05, 4.69) is 15.9 Å². The summed E-state index contributed by atoms with van der Waals surface area (Å²) < 4.78 is 6.39. The Morgan fingerprint density at radius 3 is 2.65 bits per heavy atom. The molecule has 0 N–H and O–H groups in total. The quantitative estimate of drug-likeness (QED) is 0.475. The van der Waals surface area contributed by atoms with Gasteiger partial charge in [0.2, 0.25) is 0 Å². The number of hydrogen-bond acceptors (Lipinski definition) is 4. The van der Waals surface area contributed by atoms with Crippen LogP contribution in [0.3, 0.4) is 0 Å². The van der Waals surface area contributed by atoms with E-state index in [-0.39, 0.29) is 5.69 Å². The molecule has 0 aliphatic heterocycles. The van der Waals surface area contributed by atoms with Crippen LogP contribution in [0.2, 0.25) is 0 Å². The van der Waals surface area contributed by atoms with Crippen LogP contribution in [0, 0.1) is 17.0 Å². The summed E-state index contributed by atoms with van der Waals surface area (Å²) in [5.74, 6) is 0.693. The molecular weight excluding hydrogens is 326 g/mol. The Hall–Kier alpha value is -2.21.